The van der Waals surface area contributed by atoms with Gasteiger partial charge in [0.05, 0.1) is 0 Å². The van der Waals surface area contributed by atoms with Crippen LogP contribution in [-0.4, -0.2) is 30.4 Å². The highest BCUT2D eigenvalue weighted by Crippen LogP contribution is 2.27. The van der Waals surface area contributed by atoms with E-state index in [4.69, 9.17) is 4.74 Å². The Labute approximate surface area is 141 Å². The molecular weight excluding hydrogens is 306 g/mol. The summed E-state index contributed by atoms with van der Waals surface area (Å²) in [5.74, 6) is -0.262. The summed E-state index contributed by atoms with van der Waals surface area (Å²) in [5.41, 5.74) is 2.66. The van der Waals surface area contributed by atoms with Crippen molar-refractivity contribution in [2.75, 3.05) is 13.6 Å². The number of carbonyl (C=O) groups excluding carboxylic acids is 2. The summed E-state index contributed by atoms with van der Waals surface area (Å²) in [6.45, 7) is 6.25. The molecule has 6 nitrogen and oxygen atoms in total. The average molecular weight is 329 g/mol. The van der Waals surface area contributed by atoms with E-state index in [9.17, 15) is 9.59 Å². The van der Waals surface area contributed by atoms with Gasteiger partial charge in [-0.15, -0.1) is 0 Å². The molecule has 0 radical (unpaired) electrons. The maximum Gasteiger partial charge on any atom is 0.271 e. The highest BCUT2D eigenvalue weighted by atomic mass is 16.5. The van der Waals surface area contributed by atoms with Gasteiger partial charge in [-0.2, -0.15) is 0 Å². The van der Waals surface area contributed by atoms with Crippen LogP contribution < -0.4 is 15.4 Å². The number of hydrogen-bond donors (Lipinski definition) is 3. The lowest BCUT2D eigenvalue weighted by atomic mass is 10.1. The first kappa shape index (κ1) is 17.6. The van der Waals surface area contributed by atoms with Crippen LogP contribution >= 0.6 is 0 Å². The molecule has 0 bridgehead atoms. The topological polar surface area (TPSA) is 83.2 Å². The van der Waals surface area contributed by atoms with Crippen molar-refractivity contribution < 1.29 is 14.3 Å². The third kappa shape index (κ3) is 3.95. The van der Waals surface area contributed by atoms with Gasteiger partial charge in [-0.05, 0) is 26.3 Å². The number of hydrogen-bond acceptors (Lipinski definition) is 3. The molecule has 0 aliphatic carbocycles. The number of aryl methyl sites for hydroxylation is 1. The SMILES string of the molecule is CCNC(=O)c1cc(O[C@@H](C)c2cccc(C)c2)c(C(=O)NC)[nH]1. The van der Waals surface area contributed by atoms with Gasteiger partial charge in [0, 0.05) is 19.7 Å². The molecule has 2 amide bonds. The maximum absolute atomic E-state index is 12.0. The van der Waals surface area contributed by atoms with Crippen LogP contribution in [0.5, 0.6) is 5.75 Å². The summed E-state index contributed by atoms with van der Waals surface area (Å²) in [4.78, 5) is 26.9. The Hall–Kier alpha value is -2.76. The molecule has 0 aliphatic heterocycles. The second-order valence-electron chi connectivity index (χ2n) is 5.54. The van der Waals surface area contributed by atoms with E-state index in [0.717, 1.165) is 11.1 Å². The highest BCUT2D eigenvalue weighted by Gasteiger charge is 2.21. The number of nitrogens with one attached hydrogen (secondary N) is 3. The summed E-state index contributed by atoms with van der Waals surface area (Å²) in [5, 5.41) is 5.24. The van der Waals surface area contributed by atoms with Crippen molar-refractivity contribution in [2.24, 2.45) is 0 Å². The molecule has 0 saturated carbocycles. The molecule has 2 rings (SSSR count). The predicted molar refractivity (Wildman–Crippen MR) is 92.4 cm³/mol. The van der Waals surface area contributed by atoms with E-state index in [1.54, 1.807) is 6.07 Å². The average Bonchev–Trinajstić information content (AvgIpc) is 2.98. The molecule has 0 aliphatic rings. The van der Waals surface area contributed by atoms with Gasteiger partial charge >= 0.3 is 0 Å². The molecule has 1 aromatic carbocycles. The lowest BCUT2D eigenvalue weighted by Gasteiger charge is -2.15. The molecule has 1 atom stereocenters. The molecule has 3 N–H and O–H groups in total. The van der Waals surface area contributed by atoms with Crippen LogP contribution in [0.15, 0.2) is 30.3 Å². The quantitative estimate of drug-likeness (QED) is 0.761. The molecule has 128 valence electrons. The molecule has 1 aromatic heterocycles. The first-order valence-corrected chi connectivity index (χ1v) is 7.92. The molecule has 0 saturated heterocycles. The zero-order chi connectivity index (χ0) is 17.7. The first-order valence-electron chi connectivity index (χ1n) is 7.92. The van der Waals surface area contributed by atoms with E-state index in [-0.39, 0.29) is 23.6 Å². The molecule has 24 heavy (non-hydrogen) atoms. The molecule has 0 unspecified atom stereocenters. The fourth-order valence-electron chi connectivity index (χ4n) is 2.38. The number of ether oxygens (including phenoxy) is 1. The monoisotopic (exact) mass is 329 g/mol. The van der Waals surface area contributed by atoms with E-state index >= 15 is 0 Å². The zero-order valence-electron chi connectivity index (χ0n) is 14.4. The van der Waals surface area contributed by atoms with Crippen molar-refractivity contribution in [3.8, 4) is 5.75 Å². The van der Waals surface area contributed by atoms with Crippen LogP contribution in [-0.2, 0) is 0 Å². The number of benzene rings is 1. The van der Waals surface area contributed by atoms with Gasteiger partial charge in [0.1, 0.15) is 17.5 Å². The Morgan fingerprint density at radius 2 is 2.00 bits per heavy atom. The molecule has 0 spiro atoms. The van der Waals surface area contributed by atoms with Gasteiger partial charge in [0.25, 0.3) is 11.8 Å². The van der Waals surface area contributed by atoms with E-state index in [1.165, 1.54) is 7.05 Å². The van der Waals surface area contributed by atoms with E-state index in [2.05, 4.69) is 15.6 Å². The number of aromatic amines is 1. The Bertz CT molecular complexity index is 737. The number of rotatable bonds is 6. The van der Waals surface area contributed by atoms with Crippen molar-refractivity contribution in [1.29, 1.82) is 0 Å². The summed E-state index contributed by atoms with van der Waals surface area (Å²) >= 11 is 0. The van der Waals surface area contributed by atoms with E-state index in [1.807, 2.05) is 45.0 Å². The predicted octanol–water partition coefficient (Wildman–Crippen LogP) is 2.57. The highest BCUT2D eigenvalue weighted by molar-refractivity contribution is 5.99. The van der Waals surface area contributed by atoms with Gasteiger partial charge in [-0.25, -0.2) is 0 Å². The number of carbonyl (C=O) groups is 2. The van der Waals surface area contributed by atoms with Crippen LogP contribution in [0.2, 0.25) is 0 Å². The molecule has 0 fully saturated rings. The van der Waals surface area contributed by atoms with Crippen molar-refractivity contribution in [3.63, 3.8) is 0 Å². The third-order valence-electron chi connectivity index (χ3n) is 3.63. The number of amides is 2. The summed E-state index contributed by atoms with van der Waals surface area (Å²) < 4.78 is 5.95. The van der Waals surface area contributed by atoms with Crippen molar-refractivity contribution in [3.05, 3.63) is 52.8 Å². The van der Waals surface area contributed by atoms with Crippen LogP contribution in [0, 0.1) is 6.92 Å². The number of aromatic nitrogens is 1. The van der Waals surface area contributed by atoms with Crippen molar-refractivity contribution in [1.82, 2.24) is 15.6 Å². The third-order valence-corrected chi connectivity index (χ3v) is 3.63. The summed E-state index contributed by atoms with van der Waals surface area (Å²) in [7, 11) is 1.53. The fraction of sp³-hybridized carbons (Fsp3) is 0.333. The number of H-pyrrole nitrogens is 1. The Morgan fingerprint density at radius 1 is 1.25 bits per heavy atom. The lowest BCUT2D eigenvalue weighted by Crippen LogP contribution is -2.23. The Balaban J connectivity index is 2.30. The van der Waals surface area contributed by atoms with Gasteiger partial charge in [0.2, 0.25) is 0 Å². The van der Waals surface area contributed by atoms with Crippen LogP contribution in [0.4, 0.5) is 0 Å². The van der Waals surface area contributed by atoms with Crippen molar-refractivity contribution in [2.45, 2.75) is 26.9 Å². The van der Waals surface area contributed by atoms with Gasteiger partial charge in [0.15, 0.2) is 5.75 Å². The Kier molecular flexibility index (Phi) is 5.63. The minimum Gasteiger partial charge on any atom is -0.484 e. The van der Waals surface area contributed by atoms with E-state index in [0.29, 0.717) is 18.0 Å². The molecule has 6 heteroatoms. The maximum atomic E-state index is 12.0. The van der Waals surface area contributed by atoms with Gasteiger partial charge < -0.3 is 20.4 Å². The van der Waals surface area contributed by atoms with Crippen LogP contribution in [0.25, 0.3) is 0 Å². The first-order chi connectivity index (χ1) is 11.5. The normalized spacial score (nSPS) is 11.7. The standard InChI is InChI=1S/C18H23N3O3/c1-5-20-17(22)14-10-15(16(21-14)18(23)19-4)24-12(3)13-8-6-7-11(2)9-13/h6-10,12,21H,5H2,1-4H3,(H,19,23)(H,20,22)/t12-/m0/s1. The second-order valence-corrected chi connectivity index (χ2v) is 5.54. The summed E-state index contributed by atoms with van der Waals surface area (Å²) in [6, 6.07) is 9.52. The lowest BCUT2D eigenvalue weighted by molar-refractivity contribution is 0.0951. The van der Waals surface area contributed by atoms with Crippen LogP contribution in [0.1, 0.15) is 52.1 Å². The molecular formula is C18H23N3O3. The minimum atomic E-state index is -0.336. The zero-order valence-corrected chi connectivity index (χ0v) is 14.4. The fourth-order valence-corrected chi connectivity index (χ4v) is 2.38. The van der Waals surface area contributed by atoms with E-state index < -0.39 is 0 Å². The largest absolute Gasteiger partial charge is 0.484 e. The Morgan fingerprint density at radius 3 is 2.62 bits per heavy atom. The van der Waals surface area contributed by atoms with Crippen LogP contribution in [0.3, 0.4) is 0 Å². The minimum absolute atomic E-state index is 0.234. The smallest absolute Gasteiger partial charge is 0.271 e. The van der Waals surface area contributed by atoms with Crippen molar-refractivity contribution >= 4 is 11.8 Å². The van der Waals surface area contributed by atoms with Gasteiger partial charge in [-0.1, -0.05) is 29.8 Å². The summed E-state index contributed by atoms with van der Waals surface area (Å²) in [6.07, 6.45) is -0.258. The van der Waals surface area contributed by atoms with Gasteiger partial charge in [-0.3, -0.25) is 9.59 Å². The second kappa shape index (κ2) is 7.68. The molecule has 2 aromatic rings. The molecule has 1 heterocycles.